The van der Waals surface area contributed by atoms with Crippen molar-refractivity contribution >= 4 is 11.8 Å². The highest BCUT2D eigenvalue weighted by atomic mass is 16.5. The standard InChI is InChI=1S/C15H26N2O3/c1-2-20-10-9-15(7-3-4-8-15)11-16-14(19)12-5-6-13(18)17-12/h12H,2-11H2,1H3,(H,16,19)(H,17,18). The van der Waals surface area contributed by atoms with Crippen LogP contribution in [-0.4, -0.2) is 37.6 Å². The van der Waals surface area contributed by atoms with E-state index < -0.39 is 0 Å². The number of nitrogens with one attached hydrogen (secondary N) is 2. The first-order chi connectivity index (χ1) is 9.65. The molecule has 1 atom stereocenters. The van der Waals surface area contributed by atoms with Gasteiger partial charge in [-0.25, -0.2) is 0 Å². The predicted molar refractivity (Wildman–Crippen MR) is 76.2 cm³/mol. The van der Waals surface area contributed by atoms with Gasteiger partial charge in [-0.05, 0) is 38.0 Å². The van der Waals surface area contributed by atoms with E-state index in [1.165, 1.54) is 12.8 Å². The van der Waals surface area contributed by atoms with Crippen molar-refractivity contribution in [2.75, 3.05) is 19.8 Å². The molecule has 114 valence electrons. The summed E-state index contributed by atoms with van der Waals surface area (Å²) in [4.78, 5) is 23.2. The molecule has 0 aromatic carbocycles. The number of hydrogen-bond acceptors (Lipinski definition) is 3. The van der Waals surface area contributed by atoms with Crippen LogP contribution in [0.15, 0.2) is 0 Å². The molecule has 20 heavy (non-hydrogen) atoms. The lowest BCUT2D eigenvalue weighted by atomic mass is 9.83. The molecule has 2 aliphatic rings. The van der Waals surface area contributed by atoms with Crippen LogP contribution in [0.5, 0.6) is 0 Å². The maximum atomic E-state index is 12.1. The summed E-state index contributed by atoms with van der Waals surface area (Å²) >= 11 is 0. The van der Waals surface area contributed by atoms with Gasteiger partial charge in [-0.3, -0.25) is 9.59 Å². The topological polar surface area (TPSA) is 67.4 Å². The minimum atomic E-state index is -0.326. The fraction of sp³-hybridized carbons (Fsp3) is 0.867. The smallest absolute Gasteiger partial charge is 0.242 e. The highest BCUT2D eigenvalue weighted by Gasteiger charge is 2.35. The van der Waals surface area contributed by atoms with Crippen LogP contribution in [0, 0.1) is 5.41 Å². The molecule has 1 unspecified atom stereocenters. The molecule has 1 aliphatic carbocycles. The van der Waals surface area contributed by atoms with Gasteiger partial charge in [0.25, 0.3) is 0 Å². The molecular weight excluding hydrogens is 256 g/mol. The highest BCUT2D eigenvalue weighted by molar-refractivity contribution is 5.90. The maximum Gasteiger partial charge on any atom is 0.242 e. The Bertz CT molecular complexity index is 351. The van der Waals surface area contributed by atoms with Crippen molar-refractivity contribution in [1.82, 2.24) is 10.6 Å². The third kappa shape index (κ3) is 3.95. The molecule has 2 amide bonds. The molecule has 0 aromatic rings. The summed E-state index contributed by atoms with van der Waals surface area (Å²) in [5.41, 5.74) is 0.202. The molecule has 1 aliphatic heterocycles. The van der Waals surface area contributed by atoms with Crippen LogP contribution in [0.25, 0.3) is 0 Å². The molecule has 0 radical (unpaired) electrons. The van der Waals surface area contributed by atoms with Gasteiger partial charge in [-0.15, -0.1) is 0 Å². The summed E-state index contributed by atoms with van der Waals surface area (Å²) in [6, 6.07) is -0.326. The van der Waals surface area contributed by atoms with Crippen molar-refractivity contribution in [3.8, 4) is 0 Å². The fourth-order valence-electron chi connectivity index (χ4n) is 3.28. The number of hydrogen-bond donors (Lipinski definition) is 2. The van der Waals surface area contributed by atoms with Crippen molar-refractivity contribution in [2.45, 2.75) is 57.9 Å². The van der Waals surface area contributed by atoms with Crippen LogP contribution in [0.4, 0.5) is 0 Å². The minimum absolute atomic E-state index is 0.0166. The first-order valence-corrected chi connectivity index (χ1v) is 7.80. The molecule has 0 spiro atoms. The van der Waals surface area contributed by atoms with Gasteiger partial charge in [-0.2, -0.15) is 0 Å². The summed E-state index contributed by atoms with van der Waals surface area (Å²) in [5, 5.41) is 5.76. The second-order valence-corrected chi connectivity index (χ2v) is 6.03. The summed E-state index contributed by atoms with van der Waals surface area (Å²) in [5.74, 6) is -0.0457. The Labute approximate surface area is 120 Å². The van der Waals surface area contributed by atoms with Crippen LogP contribution >= 0.6 is 0 Å². The molecule has 0 aromatic heterocycles. The molecule has 2 fully saturated rings. The average molecular weight is 282 g/mol. The molecule has 2 N–H and O–H groups in total. The van der Waals surface area contributed by atoms with Gasteiger partial charge in [0.05, 0.1) is 0 Å². The summed E-state index contributed by atoms with van der Waals surface area (Å²) in [6.45, 7) is 4.24. The zero-order chi connectivity index (χ0) is 14.4. The second-order valence-electron chi connectivity index (χ2n) is 6.03. The third-order valence-electron chi connectivity index (χ3n) is 4.59. The number of ether oxygens (including phenoxy) is 1. The Morgan fingerprint density at radius 2 is 2.20 bits per heavy atom. The van der Waals surface area contributed by atoms with Gasteiger partial charge in [0.2, 0.25) is 11.8 Å². The van der Waals surface area contributed by atoms with Crippen molar-refractivity contribution < 1.29 is 14.3 Å². The fourth-order valence-corrected chi connectivity index (χ4v) is 3.28. The van der Waals surface area contributed by atoms with Gasteiger partial charge in [0, 0.05) is 26.2 Å². The van der Waals surface area contributed by atoms with Crippen molar-refractivity contribution in [1.29, 1.82) is 0 Å². The maximum absolute atomic E-state index is 12.1. The van der Waals surface area contributed by atoms with Gasteiger partial charge in [0.1, 0.15) is 6.04 Å². The minimum Gasteiger partial charge on any atom is -0.382 e. The third-order valence-corrected chi connectivity index (χ3v) is 4.59. The first kappa shape index (κ1) is 15.3. The van der Waals surface area contributed by atoms with E-state index in [0.717, 1.165) is 32.5 Å². The van der Waals surface area contributed by atoms with Gasteiger partial charge >= 0.3 is 0 Å². The molecule has 5 heteroatoms. The Morgan fingerprint density at radius 3 is 2.80 bits per heavy atom. The summed E-state index contributed by atoms with van der Waals surface area (Å²) < 4.78 is 5.47. The number of rotatable bonds is 7. The zero-order valence-corrected chi connectivity index (χ0v) is 12.4. The Kier molecular flexibility index (Phi) is 5.40. The van der Waals surface area contributed by atoms with E-state index in [1.54, 1.807) is 0 Å². The Balaban J connectivity index is 1.79. The van der Waals surface area contributed by atoms with E-state index in [0.29, 0.717) is 19.4 Å². The SMILES string of the molecule is CCOCCC1(CNC(=O)C2CCC(=O)N2)CCCC1. The van der Waals surface area contributed by atoms with Crippen LogP contribution in [0.2, 0.25) is 0 Å². The molecule has 5 nitrogen and oxygen atoms in total. The number of amides is 2. The second kappa shape index (κ2) is 7.07. The van der Waals surface area contributed by atoms with E-state index in [4.69, 9.17) is 4.74 Å². The Hall–Kier alpha value is -1.10. The van der Waals surface area contributed by atoms with Gasteiger partial charge < -0.3 is 15.4 Å². The largest absolute Gasteiger partial charge is 0.382 e. The quantitative estimate of drug-likeness (QED) is 0.693. The van der Waals surface area contributed by atoms with Crippen LogP contribution < -0.4 is 10.6 Å². The van der Waals surface area contributed by atoms with E-state index in [1.807, 2.05) is 6.92 Å². The van der Waals surface area contributed by atoms with E-state index in [2.05, 4.69) is 10.6 Å². The van der Waals surface area contributed by atoms with Crippen molar-refractivity contribution in [2.24, 2.45) is 5.41 Å². The lowest BCUT2D eigenvalue weighted by Gasteiger charge is -2.29. The average Bonchev–Trinajstić information content (AvgIpc) is 3.06. The molecule has 0 bridgehead atoms. The first-order valence-electron chi connectivity index (χ1n) is 7.80. The number of carbonyl (C=O) groups excluding carboxylic acids is 2. The lowest BCUT2D eigenvalue weighted by Crippen LogP contribution is -2.45. The number of carbonyl (C=O) groups is 2. The van der Waals surface area contributed by atoms with Crippen LogP contribution in [0.3, 0.4) is 0 Å². The van der Waals surface area contributed by atoms with E-state index in [-0.39, 0.29) is 23.3 Å². The van der Waals surface area contributed by atoms with Crippen LogP contribution in [-0.2, 0) is 14.3 Å². The predicted octanol–water partition coefficient (Wildman–Crippen LogP) is 1.37. The normalized spacial score (nSPS) is 24.6. The molecule has 1 saturated carbocycles. The van der Waals surface area contributed by atoms with E-state index in [9.17, 15) is 9.59 Å². The molecular formula is C15H26N2O3. The Morgan fingerprint density at radius 1 is 1.45 bits per heavy atom. The van der Waals surface area contributed by atoms with Crippen LogP contribution in [0.1, 0.15) is 51.9 Å². The monoisotopic (exact) mass is 282 g/mol. The van der Waals surface area contributed by atoms with Crippen molar-refractivity contribution in [3.63, 3.8) is 0 Å². The molecule has 1 heterocycles. The van der Waals surface area contributed by atoms with Crippen molar-refractivity contribution in [3.05, 3.63) is 0 Å². The van der Waals surface area contributed by atoms with Gasteiger partial charge in [0.15, 0.2) is 0 Å². The lowest BCUT2D eigenvalue weighted by molar-refractivity contribution is -0.126. The highest BCUT2D eigenvalue weighted by Crippen LogP contribution is 2.40. The zero-order valence-electron chi connectivity index (χ0n) is 12.4. The van der Waals surface area contributed by atoms with E-state index >= 15 is 0 Å². The summed E-state index contributed by atoms with van der Waals surface area (Å²) in [7, 11) is 0. The molecule has 1 saturated heterocycles. The summed E-state index contributed by atoms with van der Waals surface area (Å²) in [6.07, 6.45) is 6.90. The molecule has 2 rings (SSSR count). The van der Waals surface area contributed by atoms with Gasteiger partial charge in [-0.1, -0.05) is 12.8 Å².